The summed E-state index contributed by atoms with van der Waals surface area (Å²) in [5.41, 5.74) is 1.90. The van der Waals surface area contributed by atoms with Crippen LogP contribution < -0.4 is 10.0 Å². The van der Waals surface area contributed by atoms with Crippen molar-refractivity contribution in [1.29, 1.82) is 0 Å². The summed E-state index contributed by atoms with van der Waals surface area (Å²) >= 11 is 0. The Morgan fingerprint density at radius 1 is 1.31 bits per heavy atom. The number of halogens is 1. The van der Waals surface area contributed by atoms with Gasteiger partial charge >= 0.3 is 0 Å². The minimum absolute atomic E-state index is 0. The van der Waals surface area contributed by atoms with Crippen LogP contribution >= 0.6 is 12.4 Å². The lowest BCUT2D eigenvalue weighted by Crippen LogP contribution is -2.46. The lowest BCUT2D eigenvalue weighted by atomic mass is 9.98. The lowest BCUT2D eigenvalue weighted by molar-refractivity contribution is -0.131. The van der Waals surface area contributed by atoms with Crippen LogP contribution in [0.5, 0.6) is 0 Å². The first-order valence-corrected chi connectivity index (χ1v) is 10.1. The first-order valence-electron chi connectivity index (χ1n) is 8.61. The zero-order chi connectivity index (χ0) is 17.9. The predicted molar refractivity (Wildman–Crippen MR) is 101 cm³/mol. The summed E-state index contributed by atoms with van der Waals surface area (Å²) in [5, 5.41) is 3.14. The van der Waals surface area contributed by atoms with Gasteiger partial charge in [0.25, 0.3) is 0 Å². The molecule has 0 bridgehead atoms. The van der Waals surface area contributed by atoms with Gasteiger partial charge < -0.3 is 15.0 Å². The van der Waals surface area contributed by atoms with Gasteiger partial charge in [0.2, 0.25) is 15.9 Å². The lowest BCUT2D eigenvalue weighted by Gasteiger charge is -2.32. The molecule has 0 aliphatic carbocycles. The van der Waals surface area contributed by atoms with Gasteiger partial charge in [0.15, 0.2) is 0 Å². The van der Waals surface area contributed by atoms with Crippen LogP contribution in [0.4, 0.5) is 0 Å². The van der Waals surface area contributed by atoms with E-state index in [1.165, 1.54) is 0 Å². The number of nitrogens with zero attached hydrogens (tertiary/aromatic N) is 1. The van der Waals surface area contributed by atoms with E-state index in [0.29, 0.717) is 32.2 Å². The molecule has 1 amide bonds. The van der Waals surface area contributed by atoms with Crippen molar-refractivity contribution in [1.82, 2.24) is 14.9 Å². The summed E-state index contributed by atoms with van der Waals surface area (Å²) in [6, 6.07) is 4.95. The minimum atomic E-state index is -3.70. The predicted octanol–water partition coefficient (Wildman–Crippen LogP) is 0.875. The number of carbonyl (C=O) groups excluding carboxylic acids is 1. The Bertz CT molecular complexity index is 740. The number of nitrogens with one attached hydrogen (secondary N) is 2. The van der Waals surface area contributed by atoms with E-state index in [4.69, 9.17) is 4.74 Å². The maximum absolute atomic E-state index is 12.5. The van der Waals surface area contributed by atoms with Gasteiger partial charge in [-0.3, -0.25) is 4.79 Å². The Kier molecular flexibility index (Phi) is 7.42. The van der Waals surface area contributed by atoms with Crippen LogP contribution in [0.3, 0.4) is 0 Å². The van der Waals surface area contributed by atoms with Crippen LogP contribution in [0, 0.1) is 5.92 Å². The Hall–Kier alpha value is -1.19. The third kappa shape index (κ3) is 4.95. The number of benzene rings is 1. The second-order valence-corrected chi connectivity index (χ2v) is 8.42. The third-order valence-corrected chi connectivity index (χ3v) is 6.18. The summed E-state index contributed by atoms with van der Waals surface area (Å²) in [4.78, 5) is 14.3. The molecule has 2 aliphatic heterocycles. The average Bonchev–Trinajstić information content (AvgIpc) is 3.08. The van der Waals surface area contributed by atoms with Crippen molar-refractivity contribution in [3.63, 3.8) is 0 Å². The maximum atomic E-state index is 12.5. The number of hydrogen-bond acceptors (Lipinski definition) is 5. The molecule has 2 N–H and O–H groups in total. The molecule has 7 nitrogen and oxygen atoms in total. The average molecular weight is 404 g/mol. The SMILES string of the molecule is CNCC1CCCN(C(=O)CNS(=O)(=O)c2ccc3c(c2)COC3)C1.Cl. The Labute approximate surface area is 160 Å². The third-order valence-electron chi connectivity index (χ3n) is 4.78. The molecular weight excluding hydrogens is 378 g/mol. The number of rotatable bonds is 6. The molecule has 1 saturated heterocycles. The fourth-order valence-corrected chi connectivity index (χ4v) is 4.44. The number of carbonyl (C=O) groups is 1. The highest BCUT2D eigenvalue weighted by Gasteiger charge is 2.25. The molecule has 3 rings (SSSR count). The number of hydrogen-bond donors (Lipinski definition) is 2. The zero-order valence-corrected chi connectivity index (χ0v) is 16.5. The number of likely N-dealkylation sites (tertiary alicyclic amines) is 1. The van der Waals surface area contributed by atoms with Crippen molar-refractivity contribution in [2.75, 3.05) is 33.2 Å². The smallest absolute Gasteiger partial charge is 0.241 e. The molecule has 1 aromatic carbocycles. The molecule has 1 fully saturated rings. The van der Waals surface area contributed by atoms with Crippen LogP contribution in [-0.2, 0) is 32.8 Å². The van der Waals surface area contributed by atoms with Crippen molar-refractivity contribution in [2.45, 2.75) is 31.0 Å². The maximum Gasteiger partial charge on any atom is 0.241 e. The first-order chi connectivity index (χ1) is 12.0. The topological polar surface area (TPSA) is 87.7 Å². The number of fused-ring (bicyclic) bond motifs is 1. The van der Waals surface area contributed by atoms with Crippen LogP contribution in [0.2, 0.25) is 0 Å². The van der Waals surface area contributed by atoms with Crippen LogP contribution in [0.15, 0.2) is 23.1 Å². The molecule has 1 aromatic rings. The molecule has 1 atom stereocenters. The molecule has 1 unspecified atom stereocenters. The zero-order valence-electron chi connectivity index (χ0n) is 14.9. The molecule has 0 saturated carbocycles. The molecule has 2 heterocycles. The number of piperidine rings is 1. The molecule has 0 radical (unpaired) electrons. The van der Waals surface area contributed by atoms with Crippen molar-refractivity contribution < 1.29 is 17.9 Å². The summed E-state index contributed by atoms with van der Waals surface area (Å²) in [6.45, 7) is 2.98. The number of sulfonamides is 1. The van der Waals surface area contributed by atoms with E-state index in [1.54, 1.807) is 23.1 Å². The van der Waals surface area contributed by atoms with E-state index in [2.05, 4.69) is 10.0 Å². The Morgan fingerprint density at radius 3 is 2.85 bits per heavy atom. The van der Waals surface area contributed by atoms with Crippen molar-refractivity contribution in [2.24, 2.45) is 5.92 Å². The molecule has 26 heavy (non-hydrogen) atoms. The fraction of sp³-hybridized carbons (Fsp3) is 0.588. The van der Waals surface area contributed by atoms with Crippen LogP contribution in [0.1, 0.15) is 24.0 Å². The van der Waals surface area contributed by atoms with Gasteiger partial charge in [-0.15, -0.1) is 12.4 Å². The van der Waals surface area contributed by atoms with E-state index in [0.717, 1.165) is 30.5 Å². The molecule has 0 spiro atoms. The fourth-order valence-electron chi connectivity index (χ4n) is 3.41. The highest BCUT2D eigenvalue weighted by Crippen LogP contribution is 2.23. The summed E-state index contributed by atoms with van der Waals surface area (Å²) in [7, 11) is -1.81. The Balaban J connectivity index is 0.00000243. The second kappa shape index (κ2) is 9.14. The first kappa shape index (κ1) is 21.1. The normalized spacial score (nSPS) is 19.7. The van der Waals surface area contributed by atoms with Gasteiger partial charge in [0, 0.05) is 13.1 Å². The summed E-state index contributed by atoms with van der Waals surface area (Å²) < 4.78 is 32.7. The molecule has 2 aliphatic rings. The van der Waals surface area contributed by atoms with Crippen LogP contribution in [-0.4, -0.2) is 52.5 Å². The quantitative estimate of drug-likeness (QED) is 0.736. The van der Waals surface area contributed by atoms with Crippen molar-refractivity contribution >= 4 is 28.3 Å². The van der Waals surface area contributed by atoms with Crippen LogP contribution in [0.25, 0.3) is 0 Å². The van der Waals surface area contributed by atoms with Gasteiger partial charge in [0.1, 0.15) is 0 Å². The Morgan fingerprint density at radius 2 is 2.08 bits per heavy atom. The van der Waals surface area contributed by atoms with Gasteiger partial charge in [-0.2, -0.15) is 0 Å². The molecular formula is C17H26ClN3O4S. The second-order valence-electron chi connectivity index (χ2n) is 6.65. The molecule has 0 aromatic heterocycles. The summed E-state index contributed by atoms with van der Waals surface area (Å²) in [5.74, 6) is 0.255. The van der Waals surface area contributed by atoms with E-state index >= 15 is 0 Å². The largest absolute Gasteiger partial charge is 0.372 e. The monoisotopic (exact) mass is 403 g/mol. The summed E-state index contributed by atoms with van der Waals surface area (Å²) in [6.07, 6.45) is 2.04. The number of amides is 1. The molecule has 9 heteroatoms. The van der Waals surface area contributed by atoms with Gasteiger partial charge in [-0.1, -0.05) is 6.07 Å². The van der Waals surface area contributed by atoms with E-state index in [1.807, 2.05) is 7.05 Å². The molecule has 146 valence electrons. The van der Waals surface area contributed by atoms with Crippen molar-refractivity contribution in [3.8, 4) is 0 Å². The minimum Gasteiger partial charge on any atom is -0.372 e. The van der Waals surface area contributed by atoms with Gasteiger partial charge in [-0.25, -0.2) is 13.1 Å². The highest BCUT2D eigenvalue weighted by molar-refractivity contribution is 7.89. The van der Waals surface area contributed by atoms with E-state index in [-0.39, 0.29) is 29.8 Å². The van der Waals surface area contributed by atoms with Gasteiger partial charge in [-0.05, 0) is 55.6 Å². The van der Waals surface area contributed by atoms with E-state index in [9.17, 15) is 13.2 Å². The van der Waals surface area contributed by atoms with Gasteiger partial charge in [0.05, 0.1) is 24.7 Å². The van der Waals surface area contributed by atoms with E-state index < -0.39 is 10.0 Å². The number of ether oxygens (including phenoxy) is 1. The van der Waals surface area contributed by atoms with Crippen molar-refractivity contribution in [3.05, 3.63) is 29.3 Å². The standard InChI is InChI=1S/C17H25N3O4S.ClH/c1-18-8-13-3-2-6-20(10-13)17(21)9-19-25(22,23)16-5-4-14-11-24-12-15(14)7-16;/h4-5,7,13,18-19H,2-3,6,8-12H2,1H3;1H. The highest BCUT2D eigenvalue weighted by atomic mass is 35.5.